The van der Waals surface area contributed by atoms with E-state index in [1.165, 1.54) is 31.5 Å². The Morgan fingerprint density at radius 3 is 2.75 bits per heavy atom. The topological polar surface area (TPSA) is 16.1 Å². The van der Waals surface area contributed by atoms with Crippen molar-refractivity contribution in [3.8, 4) is 0 Å². The van der Waals surface area contributed by atoms with Crippen molar-refractivity contribution in [1.29, 1.82) is 0 Å². The molecule has 16 heavy (non-hydrogen) atoms. The molecule has 0 spiro atoms. The lowest BCUT2D eigenvalue weighted by Gasteiger charge is -2.17. The molecule has 0 radical (unpaired) electrons. The number of rotatable bonds is 3. The van der Waals surface area contributed by atoms with Crippen LogP contribution in [0.25, 0.3) is 0 Å². The van der Waals surface area contributed by atoms with E-state index in [4.69, 9.17) is 0 Å². The molecule has 2 heteroatoms. The third-order valence-corrected chi connectivity index (χ3v) is 3.62. The Kier molecular flexibility index (Phi) is 3.47. The van der Waals surface area contributed by atoms with Gasteiger partial charge in [-0.15, -0.1) is 0 Å². The normalized spacial score (nSPS) is 20.8. The van der Waals surface area contributed by atoms with Crippen molar-refractivity contribution in [2.45, 2.75) is 39.5 Å². The van der Waals surface area contributed by atoms with Gasteiger partial charge in [0, 0.05) is 19.3 Å². The minimum atomic E-state index is 0.573. The number of aromatic nitrogens is 1. The standard InChI is InChI=1S/C14H22N2/c1-4-12-7-8-16(10-12)14-6-5-13(9-15-14)11(2)3/h5-6,9,11-12H,4,7-8,10H2,1-3H3. The van der Waals surface area contributed by atoms with E-state index < -0.39 is 0 Å². The lowest BCUT2D eigenvalue weighted by atomic mass is 10.1. The van der Waals surface area contributed by atoms with Crippen LogP contribution in [0.3, 0.4) is 0 Å². The van der Waals surface area contributed by atoms with E-state index in [0.717, 1.165) is 11.7 Å². The minimum absolute atomic E-state index is 0.573. The minimum Gasteiger partial charge on any atom is -0.356 e. The first-order valence-electron chi connectivity index (χ1n) is 6.41. The third kappa shape index (κ3) is 2.37. The summed E-state index contributed by atoms with van der Waals surface area (Å²) in [5.41, 5.74) is 1.33. The highest BCUT2D eigenvalue weighted by Gasteiger charge is 2.21. The van der Waals surface area contributed by atoms with Crippen LogP contribution in [0.4, 0.5) is 5.82 Å². The van der Waals surface area contributed by atoms with Gasteiger partial charge in [-0.2, -0.15) is 0 Å². The molecule has 88 valence electrons. The second-order valence-electron chi connectivity index (χ2n) is 5.11. The molecule has 1 fully saturated rings. The maximum absolute atomic E-state index is 4.58. The highest BCUT2D eigenvalue weighted by molar-refractivity contribution is 5.40. The van der Waals surface area contributed by atoms with Crippen LogP contribution < -0.4 is 4.90 Å². The molecular formula is C14H22N2. The van der Waals surface area contributed by atoms with Gasteiger partial charge in [0.2, 0.25) is 0 Å². The van der Waals surface area contributed by atoms with Crippen molar-refractivity contribution in [1.82, 2.24) is 4.98 Å². The molecule has 0 aromatic carbocycles. The van der Waals surface area contributed by atoms with Crippen molar-refractivity contribution in [3.63, 3.8) is 0 Å². The molecule has 0 N–H and O–H groups in total. The lowest BCUT2D eigenvalue weighted by Crippen LogP contribution is -2.20. The summed E-state index contributed by atoms with van der Waals surface area (Å²) in [6.45, 7) is 9.06. The van der Waals surface area contributed by atoms with Crippen LogP contribution in [0.2, 0.25) is 0 Å². The van der Waals surface area contributed by atoms with Crippen LogP contribution in [0, 0.1) is 5.92 Å². The van der Waals surface area contributed by atoms with Gasteiger partial charge in [0.25, 0.3) is 0 Å². The quantitative estimate of drug-likeness (QED) is 0.772. The molecule has 1 unspecified atom stereocenters. The van der Waals surface area contributed by atoms with Crippen LogP contribution in [0.15, 0.2) is 18.3 Å². The Balaban J connectivity index is 2.05. The van der Waals surface area contributed by atoms with Crippen molar-refractivity contribution in [2.75, 3.05) is 18.0 Å². The molecular weight excluding hydrogens is 196 g/mol. The van der Waals surface area contributed by atoms with E-state index in [0.29, 0.717) is 5.92 Å². The van der Waals surface area contributed by atoms with Crippen LogP contribution in [-0.4, -0.2) is 18.1 Å². The van der Waals surface area contributed by atoms with Crippen molar-refractivity contribution < 1.29 is 0 Å². The molecule has 1 aliphatic rings. The van der Waals surface area contributed by atoms with Crippen molar-refractivity contribution in [3.05, 3.63) is 23.9 Å². The van der Waals surface area contributed by atoms with Gasteiger partial charge >= 0.3 is 0 Å². The first kappa shape index (κ1) is 11.4. The molecule has 2 heterocycles. The summed E-state index contributed by atoms with van der Waals surface area (Å²) in [4.78, 5) is 6.99. The smallest absolute Gasteiger partial charge is 0.128 e. The van der Waals surface area contributed by atoms with Crippen LogP contribution in [0.5, 0.6) is 0 Å². The summed E-state index contributed by atoms with van der Waals surface area (Å²) in [5.74, 6) is 2.59. The lowest BCUT2D eigenvalue weighted by molar-refractivity contribution is 0.568. The van der Waals surface area contributed by atoms with Crippen LogP contribution in [0.1, 0.15) is 45.1 Å². The molecule has 2 rings (SSSR count). The number of anilines is 1. The molecule has 0 aliphatic carbocycles. The summed E-state index contributed by atoms with van der Waals surface area (Å²) in [5, 5.41) is 0. The number of hydrogen-bond acceptors (Lipinski definition) is 2. The second kappa shape index (κ2) is 4.86. The predicted molar refractivity (Wildman–Crippen MR) is 68.9 cm³/mol. The fourth-order valence-electron chi connectivity index (χ4n) is 2.30. The Labute approximate surface area is 98.7 Å². The average Bonchev–Trinajstić information content (AvgIpc) is 2.77. The van der Waals surface area contributed by atoms with Gasteiger partial charge in [-0.25, -0.2) is 4.98 Å². The average molecular weight is 218 g/mol. The molecule has 0 amide bonds. The molecule has 0 saturated carbocycles. The van der Waals surface area contributed by atoms with Gasteiger partial charge in [0.1, 0.15) is 5.82 Å². The highest BCUT2D eigenvalue weighted by Crippen LogP contribution is 2.24. The second-order valence-corrected chi connectivity index (χ2v) is 5.11. The summed E-state index contributed by atoms with van der Waals surface area (Å²) < 4.78 is 0. The van der Waals surface area contributed by atoms with E-state index in [9.17, 15) is 0 Å². The third-order valence-electron chi connectivity index (χ3n) is 3.62. The van der Waals surface area contributed by atoms with E-state index in [2.05, 4.69) is 42.8 Å². The molecule has 1 aromatic rings. The summed E-state index contributed by atoms with van der Waals surface area (Å²) in [6, 6.07) is 4.39. The van der Waals surface area contributed by atoms with Crippen LogP contribution in [-0.2, 0) is 0 Å². The summed E-state index contributed by atoms with van der Waals surface area (Å²) in [6.07, 6.45) is 4.64. The Hall–Kier alpha value is -1.05. The number of nitrogens with zero attached hydrogens (tertiary/aromatic N) is 2. The van der Waals surface area contributed by atoms with Crippen molar-refractivity contribution >= 4 is 5.82 Å². The number of pyridine rings is 1. The summed E-state index contributed by atoms with van der Waals surface area (Å²) >= 11 is 0. The summed E-state index contributed by atoms with van der Waals surface area (Å²) in [7, 11) is 0. The Morgan fingerprint density at radius 2 is 2.25 bits per heavy atom. The zero-order valence-electron chi connectivity index (χ0n) is 10.6. The molecule has 1 atom stereocenters. The molecule has 1 saturated heterocycles. The Bertz CT molecular complexity index is 329. The number of hydrogen-bond donors (Lipinski definition) is 0. The van der Waals surface area contributed by atoms with Crippen molar-refractivity contribution in [2.24, 2.45) is 5.92 Å². The fourth-order valence-corrected chi connectivity index (χ4v) is 2.30. The van der Waals surface area contributed by atoms with Crippen LogP contribution >= 0.6 is 0 Å². The zero-order chi connectivity index (χ0) is 11.5. The van der Waals surface area contributed by atoms with Gasteiger partial charge in [-0.1, -0.05) is 33.3 Å². The Morgan fingerprint density at radius 1 is 1.44 bits per heavy atom. The van der Waals surface area contributed by atoms with E-state index >= 15 is 0 Å². The van der Waals surface area contributed by atoms with E-state index in [-0.39, 0.29) is 0 Å². The molecule has 1 aliphatic heterocycles. The van der Waals surface area contributed by atoms with Gasteiger partial charge < -0.3 is 4.90 Å². The monoisotopic (exact) mass is 218 g/mol. The van der Waals surface area contributed by atoms with Gasteiger partial charge in [0.15, 0.2) is 0 Å². The van der Waals surface area contributed by atoms with Gasteiger partial charge in [-0.05, 0) is 29.9 Å². The highest BCUT2D eigenvalue weighted by atomic mass is 15.2. The molecule has 1 aromatic heterocycles. The first-order valence-corrected chi connectivity index (χ1v) is 6.41. The first-order chi connectivity index (χ1) is 7.70. The molecule has 0 bridgehead atoms. The SMILES string of the molecule is CCC1CCN(c2ccc(C(C)C)cn2)C1. The van der Waals surface area contributed by atoms with E-state index in [1.54, 1.807) is 0 Å². The maximum atomic E-state index is 4.58. The molecule has 2 nitrogen and oxygen atoms in total. The fraction of sp³-hybridized carbons (Fsp3) is 0.643. The zero-order valence-corrected chi connectivity index (χ0v) is 10.6. The van der Waals surface area contributed by atoms with Gasteiger partial charge in [0.05, 0.1) is 0 Å². The van der Waals surface area contributed by atoms with E-state index in [1.807, 2.05) is 6.20 Å². The van der Waals surface area contributed by atoms with Gasteiger partial charge in [-0.3, -0.25) is 0 Å². The largest absolute Gasteiger partial charge is 0.356 e. The maximum Gasteiger partial charge on any atom is 0.128 e. The predicted octanol–water partition coefficient (Wildman–Crippen LogP) is 3.44.